The van der Waals surface area contributed by atoms with Crippen LogP contribution < -0.4 is 4.74 Å². The van der Waals surface area contributed by atoms with Gasteiger partial charge in [-0.05, 0) is 49.2 Å². The molecule has 3 aromatic rings. The van der Waals surface area contributed by atoms with Crippen LogP contribution in [0.3, 0.4) is 0 Å². The normalized spacial score (nSPS) is 14.4. The molecule has 2 aromatic heterocycles. The minimum absolute atomic E-state index is 0.0472. The number of nitrogens with zero attached hydrogens (tertiary/aromatic N) is 4. The fraction of sp³-hybridized carbons (Fsp3) is 0.348. The maximum absolute atomic E-state index is 12.9. The lowest BCUT2D eigenvalue weighted by atomic mass is 10.2. The first kappa shape index (κ1) is 20.7. The van der Waals surface area contributed by atoms with Crippen molar-refractivity contribution in [3.8, 4) is 5.75 Å². The molecule has 0 saturated carbocycles. The zero-order chi connectivity index (χ0) is 21.8. The highest BCUT2D eigenvalue weighted by atomic mass is 16.5. The lowest BCUT2D eigenvalue weighted by Crippen LogP contribution is -2.37. The van der Waals surface area contributed by atoms with E-state index >= 15 is 0 Å². The van der Waals surface area contributed by atoms with Crippen molar-refractivity contribution in [3.63, 3.8) is 0 Å². The number of benzene rings is 1. The molecule has 162 valence electrons. The number of amides is 2. The number of carbonyl (C=O) groups excluding carboxylic acids is 2. The van der Waals surface area contributed by atoms with E-state index in [1.807, 2.05) is 35.9 Å². The van der Waals surface area contributed by atoms with E-state index in [1.165, 1.54) is 12.7 Å². The Hall–Kier alpha value is -3.55. The largest absolute Gasteiger partial charge is 0.487 e. The minimum Gasteiger partial charge on any atom is -0.487 e. The summed E-state index contributed by atoms with van der Waals surface area (Å²) >= 11 is 0. The van der Waals surface area contributed by atoms with Crippen molar-refractivity contribution in [2.45, 2.75) is 20.0 Å². The summed E-state index contributed by atoms with van der Waals surface area (Å²) in [6, 6.07) is 11.1. The fourth-order valence-corrected chi connectivity index (χ4v) is 3.69. The first-order chi connectivity index (χ1) is 15.0. The molecule has 31 heavy (non-hydrogen) atoms. The second kappa shape index (κ2) is 9.07. The summed E-state index contributed by atoms with van der Waals surface area (Å²) in [5.41, 5.74) is 3.49. The average Bonchev–Trinajstić information content (AvgIpc) is 3.02. The molecule has 8 heteroatoms. The zero-order valence-corrected chi connectivity index (χ0v) is 17.8. The van der Waals surface area contributed by atoms with Crippen LogP contribution in [-0.4, -0.2) is 64.5 Å². The SMILES string of the molecule is COC(=O)N1CCCN(C(=O)c2ccc(OCc3cn4cc(C)ccc4n3)cc2)CC1. The number of methoxy groups -OCH3 is 1. The molecule has 1 aromatic carbocycles. The highest BCUT2D eigenvalue weighted by Gasteiger charge is 2.23. The van der Waals surface area contributed by atoms with Crippen LogP contribution in [0.2, 0.25) is 0 Å². The standard InChI is InChI=1S/C23H26N4O4/c1-17-4-9-21-24-19(15-27(21)14-17)16-31-20-7-5-18(6-8-20)22(28)25-10-3-11-26(13-12-25)23(29)30-2/h4-9,14-15H,3,10-13,16H2,1-2H3. The quantitative estimate of drug-likeness (QED) is 0.646. The van der Waals surface area contributed by atoms with E-state index in [0.717, 1.165) is 17.8 Å². The molecule has 1 aliphatic heterocycles. The molecular weight excluding hydrogens is 396 g/mol. The second-order valence-corrected chi connectivity index (χ2v) is 7.62. The summed E-state index contributed by atoms with van der Waals surface area (Å²) < 4.78 is 12.6. The second-order valence-electron chi connectivity index (χ2n) is 7.62. The molecule has 1 fully saturated rings. The van der Waals surface area contributed by atoms with Crippen molar-refractivity contribution in [1.29, 1.82) is 0 Å². The Labute approximate surface area is 181 Å². The number of carbonyl (C=O) groups is 2. The van der Waals surface area contributed by atoms with Crippen molar-refractivity contribution in [3.05, 3.63) is 65.6 Å². The van der Waals surface area contributed by atoms with Crippen LogP contribution in [0.5, 0.6) is 5.75 Å². The van der Waals surface area contributed by atoms with E-state index in [-0.39, 0.29) is 12.0 Å². The first-order valence-electron chi connectivity index (χ1n) is 10.3. The lowest BCUT2D eigenvalue weighted by Gasteiger charge is -2.21. The number of aromatic nitrogens is 2. The van der Waals surface area contributed by atoms with E-state index in [1.54, 1.807) is 34.1 Å². The van der Waals surface area contributed by atoms with Gasteiger partial charge in [0.1, 0.15) is 18.0 Å². The molecule has 0 radical (unpaired) electrons. The predicted octanol–water partition coefficient (Wildman–Crippen LogP) is 3.14. The van der Waals surface area contributed by atoms with Crippen LogP contribution in [-0.2, 0) is 11.3 Å². The van der Waals surface area contributed by atoms with Gasteiger partial charge in [-0.1, -0.05) is 6.07 Å². The van der Waals surface area contributed by atoms with Crippen LogP contribution in [0.25, 0.3) is 5.65 Å². The fourth-order valence-electron chi connectivity index (χ4n) is 3.69. The molecule has 1 aliphatic rings. The first-order valence-corrected chi connectivity index (χ1v) is 10.3. The van der Waals surface area contributed by atoms with Crippen LogP contribution in [0.15, 0.2) is 48.8 Å². The summed E-state index contributed by atoms with van der Waals surface area (Å²) in [6.07, 6.45) is 4.36. The molecule has 0 unspecified atom stereocenters. The maximum Gasteiger partial charge on any atom is 0.409 e. The molecule has 0 atom stereocenters. The van der Waals surface area contributed by atoms with Gasteiger partial charge in [0.2, 0.25) is 0 Å². The highest BCUT2D eigenvalue weighted by molar-refractivity contribution is 5.94. The number of fused-ring (bicyclic) bond motifs is 1. The average molecular weight is 422 g/mol. The van der Waals surface area contributed by atoms with E-state index in [2.05, 4.69) is 4.98 Å². The number of pyridine rings is 1. The van der Waals surface area contributed by atoms with Crippen molar-refractivity contribution < 1.29 is 19.1 Å². The predicted molar refractivity (Wildman–Crippen MR) is 115 cm³/mol. The van der Waals surface area contributed by atoms with Crippen LogP contribution in [0.1, 0.15) is 28.0 Å². The van der Waals surface area contributed by atoms with Gasteiger partial charge in [-0.15, -0.1) is 0 Å². The molecule has 0 aliphatic carbocycles. The van der Waals surface area contributed by atoms with Crippen LogP contribution in [0, 0.1) is 6.92 Å². The van der Waals surface area contributed by atoms with Crippen molar-refractivity contribution in [2.75, 3.05) is 33.3 Å². The smallest absolute Gasteiger partial charge is 0.409 e. The number of ether oxygens (including phenoxy) is 2. The molecule has 0 spiro atoms. The summed E-state index contributed by atoms with van der Waals surface area (Å²) in [5.74, 6) is 0.631. The molecular formula is C23H26N4O4. The van der Waals surface area contributed by atoms with E-state index in [9.17, 15) is 9.59 Å². The van der Waals surface area contributed by atoms with Gasteiger partial charge in [0.25, 0.3) is 5.91 Å². The van der Waals surface area contributed by atoms with Gasteiger partial charge in [0.15, 0.2) is 0 Å². The summed E-state index contributed by atoms with van der Waals surface area (Å²) in [7, 11) is 1.37. The number of aryl methyl sites for hydroxylation is 1. The third-order valence-corrected chi connectivity index (χ3v) is 5.35. The van der Waals surface area contributed by atoms with E-state index in [0.29, 0.717) is 44.1 Å². The van der Waals surface area contributed by atoms with Gasteiger partial charge in [0.05, 0.1) is 12.8 Å². The monoisotopic (exact) mass is 422 g/mol. The topological polar surface area (TPSA) is 76.4 Å². The number of hydrogen-bond acceptors (Lipinski definition) is 5. The van der Waals surface area contributed by atoms with Gasteiger partial charge in [-0.2, -0.15) is 0 Å². The third-order valence-electron chi connectivity index (χ3n) is 5.35. The Morgan fingerprint density at radius 1 is 0.968 bits per heavy atom. The molecule has 0 bridgehead atoms. The van der Waals surface area contributed by atoms with Crippen molar-refractivity contribution >= 4 is 17.6 Å². The zero-order valence-electron chi connectivity index (χ0n) is 17.8. The van der Waals surface area contributed by atoms with Gasteiger partial charge >= 0.3 is 6.09 Å². The molecule has 0 N–H and O–H groups in total. The van der Waals surface area contributed by atoms with Gasteiger partial charge < -0.3 is 23.7 Å². The van der Waals surface area contributed by atoms with Crippen LogP contribution in [0.4, 0.5) is 4.79 Å². The Morgan fingerprint density at radius 2 is 1.71 bits per heavy atom. The summed E-state index contributed by atoms with van der Waals surface area (Å²) in [5, 5.41) is 0. The maximum atomic E-state index is 12.9. The molecule has 4 rings (SSSR count). The molecule has 1 saturated heterocycles. The van der Waals surface area contributed by atoms with Gasteiger partial charge in [-0.3, -0.25) is 4.79 Å². The number of imidazole rings is 1. The van der Waals surface area contributed by atoms with Crippen molar-refractivity contribution in [2.24, 2.45) is 0 Å². The Bertz CT molecular complexity index is 1080. The number of hydrogen-bond donors (Lipinski definition) is 0. The minimum atomic E-state index is -0.350. The molecule has 3 heterocycles. The number of rotatable bonds is 4. The van der Waals surface area contributed by atoms with Crippen molar-refractivity contribution in [1.82, 2.24) is 19.2 Å². The third kappa shape index (κ3) is 4.79. The Morgan fingerprint density at radius 3 is 2.48 bits per heavy atom. The Balaban J connectivity index is 1.35. The molecule has 2 amide bonds. The van der Waals surface area contributed by atoms with E-state index < -0.39 is 0 Å². The summed E-state index contributed by atoms with van der Waals surface area (Å²) in [4.78, 5) is 32.5. The van der Waals surface area contributed by atoms with Gasteiger partial charge in [-0.25, -0.2) is 9.78 Å². The van der Waals surface area contributed by atoms with Crippen LogP contribution >= 0.6 is 0 Å². The Kier molecular flexibility index (Phi) is 6.06. The highest BCUT2D eigenvalue weighted by Crippen LogP contribution is 2.17. The lowest BCUT2D eigenvalue weighted by molar-refractivity contribution is 0.0757. The van der Waals surface area contributed by atoms with Gasteiger partial charge in [0, 0.05) is 44.1 Å². The van der Waals surface area contributed by atoms with E-state index in [4.69, 9.17) is 9.47 Å². The summed E-state index contributed by atoms with van der Waals surface area (Å²) in [6.45, 7) is 4.55. The molecule has 8 nitrogen and oxygen atoms in total.